The fraction of sp³-hybridized carbons (Fsp3) is 0.357. The van der Waals surface area contributed by atoms with E-state index < -0.39 is 0 Å². The van der Waals surface area contributed by atoms with Crippen LogP contribution < -0.4 is 0 Å². The summed E-state index contributed by atoms with van der Waals surface area (Å²) in [5.41, 5.74) is 7.60. The topological polar surface area (TPSA) is 0 Å². The van der Waals surface area contributed by atoms with Crippen LogP contribution in [0.3, 0.4) is 0 Å². The molecule has 0 aliphatic heterocycles. The molecular weight excluding hydrogens is 355 g/mol. The predicted molar refractivity (Wildman–Crippen MR) is 128 cm³/mol. The van der Waals surface area contributed by atoms with Crippen molar-refractivity contribution in [3.8, 4) is 0 Å². The van der Waals surface area contributed by atoms with Gasteiger partial charge in [0.05, 0.1) is 0 Å². The summed E-state index contributed by atoms with van der Waals surface area (Å²) in [5.74, 6) is -0.209. The zero-order chi connectivity index (χ0) is 21.8. The second-order valence-electron chi connectivity index (χ2n) is 7.58. The Labute approximate surface area is 177 Å². The molecule has 1 heteroatoms. The lowest BCUT2D eigenvalue weighted by Gasteiger charge is -2.15. The van der Waals surface area contributed by atoms with E-state index in [0.29, 0.717) is 0 Å². The summed E-state index contributed by atoms with van der Waals surface area (Å²) in [4.78, 5) is 0. The molecule has 0 unspecified atom stereocenters. The summed E-state index contributed by atoms with van der Waals surface area (Å²) >= 11 is 0. The second kappa shape index (κ2) is 12.9. The van der Waals surface area contributed by atoms with E-state index in [1.807, 2.05) is 26.0 Å². The van der Waals surface area contributed by atoms with Crippen LogP contribution in [0.5, 0.6) is 0 Å². The predicted octanol–water partition coefficient (Wildman–Crippen LogP) is 9.07. The molecule has 0 nitrogen and oxygen atoms in total. The molecule has 1 aromatic carbocycles. The Hall–Kier alpha value is -2.41. The Kier molecular flexibility index (Phi) is 11.0. The number of halogens is 1. The van der Waals surface area contributed by atoms with Crippen LogP contribution in [0, 0.1) is 12.7 Å². The van der Waals surface area contributed by atoms with Crippen molar-refractivity contribution in [2.75, 3.05) is 0 Å². The van der Waals surface area contributed by atoms with Gasteiger partial charge in [-0.25, -0.2) is 4.39 Å². The van der Waals surface area contributed by atoms with Crippen molar-refractivity contribution in [1.29, 1.82) is 0 Å². The van der Waals surface area contributed by atoms with Gasteiger partial charge in [0.2, 0.25) is 0 Å². The number of aryl methyl sites for hydroxylation is 1. The standard InChI is InChI=1S/C28H37F/c1-8-11-12-13-14-16-25(15-9-2)24(10-3)19-23(7)28(21(4)5)27-18-17-26(29)20-22(27)6/h9,14-20H,2,4,8,10-13H2,1,3,5-7H3/b16-14-,24-19+,25-15+,28-23+. The van der Waals surface area contributed by atoms with Crippen molar-refractivity contribution < 1.29 is 4.39 Å². The summed E-state index contributed by atoms with van der Waals surface area (Å²) in [5, 5.41) is 0. The van der Waals surface area contributed by atoms with Gasteiger partial charge in [-0.05, 0) is 85.6 Å². The van der Waals surface area contributed by atoms with Crippen molar-refractivity contribution in [3.63, 3.8) is 0 Å². The second-order valence-corrected chi connectivity index (χ2v) is 7.58. The third-order valence-corrected chi connectivity index (χ3v) is 4.99. The van der Waals surface area contributed by atoms with Gasteiger partial charge in [-0.3, -0.25) is 0 Å². The van der Waals surface area contributed by atoms with Crippen LogP contribution in [0.4, 0.5) is 4.39 Å². The minimum absolute atomic E-state index is 0.209. The van der Waals surface area contributed by atoms with Gasteiger partial charge >= 0.3 is 0 Å². The molecule has 1 aromatic rings. The van der Waals surface area contributed by atoms with Crippen molar-refractivity contribution in [2.24, 2.45) is 0 Å². The van der Waals surface area contributed by atoms with Crippen molar-refractivity contribution in [3.05, 3.63) is 101 Å². The highest BCUT2D eigenvalue weighted by atomic mass is 19.1. The molecule has 1 rings (SSSR count). The monoisotopic (exact) mass is 392 g/mol. The largest absolute Gasteiger partial charge is 0.207 e. The number of benzene rings is 1. The van der Waals surface area contributed by atoms with Crippen LogP contribution in [0.2, 0.25) is 0 Å². The highest BCUT2D eigenvalue weighted by molar-refractivity contribution is 5.83. The Morgan fingerprint density at radius 3 is 2.41 bits per heavy atom. The molecule has 0 N–H and O–H groups in total. The first-order chi connectivity index (χ1) is 13.8. The van der Waals surface area contributed by atoms with Crippen molar-refractivity contribution >= 4 is 5.57 Å². The van der Waals surface area contributed by atoms with Crippen LogP contribution in [0.15, 0.2) is 84.0 Å². The van der Waals surface area contributed by atoms with Gasteiger partial charge in [0.15, 0.2) is 0 Å². The van der Waals surface area contributed by atoms with Crippen molar-refractivity contribution in [2.45, 2.75) is 66.7 Å². The molecule has 0 bridgehead atoms. The Morgan fingerprint density at radius 1 is 1.14 bits per heavy atom. The Balaban J connectivity index is 3.37. The molecule has 0 fully saturated rings. The average Bonchev–Trinajstić information content (AvgIpc) is 2.67. The third-order valence-electron chi connectivity index (χ3n) is 4.99. The van der Waals surface area contributed by atoms with E-state index >= 15 is 0 Å². The minimum atomic E-state index is -0.209. The van der Waals surface area contributed by atoms with Crippen LogP contribution in [-0.4, -0.2) is 0 Å². The number of allylic oxidation sites excluding steroid dienone is 10. The normalized spacial score (nSPS) is 13.6. The van der Waals surface area contributed by atoms with Crippen LogP contribution >= 0.6 is 0 Å². The molecule has 0 aliphatic carbocycles. The average molecular weight is 393 g/mol. The lowest BCUT2D eigenvalue weighted by atomic mass is 9.90. The fourth-order valence-corrected chi connectivity index (χ4v) is 3.53. The molecule has 0 spiro atoms. The molecule has 0 saturated carbocycles. The molecule has 0 radical (unpaired) electrons. The zero-order valence-electron chi connectivity index (χ0n) is 18.9. The first kappa shape index (κ1) is 24.6. The first-order valence-electron chi connectivity index (χ1n) is 10.7. The third kappa shape index (κ3) is 7.85. The van der Waals surface area contributed by atoms with E-state index in [4.69, 9.17) is 0 Å². The maximum absolute atomic E-state index is 13.6. The number of rotatable bonds is 11. The maximum atomic E-state index is 13.6. The Bertz CT molecular complexity index is 828. The summed E-state index contributed by atoms with van der Waals surface area (Å²) < 4.78 is 13.6. The highest BCUT2D eigenvalue weighted by Gasteiger charge is 2.11. The lowest BCUT2D eigenvalue weighted by Crippen LogP contribution is -1.95. The van der Waals surface area contributed by atoms with Crippen LogP contribution in [0.1, 0.15) is 70.9 Å². The van der Waals surface area contributed by atoms with Crippen molar-refractivity contribution in [1.82, 2.24) is 0 Å². The van der Waals surface area contributed by atoms with E-state index in [1.54, 1.807) is 6.07 Å². The van der Waals surface area contributed by atoms with Gasteiger partial charge < -0.3 is 0 Å². The van der Waals surface area contributed by atoms with Crippen LogP contribution in [-0.2, 0) is 0 Å². The highest BCUT2D eigenvalue weighted by Crippen LogP contribution is 2.31. The van der Waals surface area contributed by atoms with E-state index in [-0.39, 0.29) is 5.82 Å². The summed E-state index contributed by atoms with van der Waals surface area (Å²) in [7, 11) is 0. The summed E-state index contributed by atoms with van der Waals surface area (Å²) in [6.07, 6.45) is 16.4. The van der Waals surface area contributed by atoms with Gasteiger partial charge in [-0.2, -0.15) is 0 Å². The van der Waals surface area contributed by atoms with E-state index in [9.17, 15) is 4.39 Å². The first-order valence-corrected chi connectivity index (χ1v) is 10.7. The van der Waals surface area contributed by atoms with Gasteiger partial charge in [-0.1, -0.05) is 81.9 Å². The van der Waals surface area contributed by atoms with E-state index in [2.05, 4.69) is 58.2 Å². The number of unbranched alkanes of at least 4 members (excludes halogenated alkanes) is 3. The zero-order valence-corrected chi connectivity index (χ0v) is 18.9. The molecule has 156 valence electrons. The maximum Gasteiger partial charge on any atom is 0.123 e. The molecule has 0 saturated heterocycles. The molecular formula is C28H37F. The van der Waals surface area contributed by atoms with Gasteiger partial charge in [0, 0.05) is 0 Å². The molecule has 0 aliphatic rings. The molecule has 0 aromatic heterocycles. The lowest BCUT2D eigenvalue weighted by molar-refractivity contribution is 0.626. The van der Waals surface area contributed by atoms with Gasteiger partial charge in [0.1, 0.15) is 5.82 Å². The smallest absolute Gasteiger partial charge is 0.123 e. The molecule has 0 heterocycles. The van der Waals surface area contributed by atoms with Gasteiger partial charge in [-0.15, -0.1) is 0 Å². The molecule has 0 atom stereocenters. The quantitative estimate of drug-likeness (QED) is 0.260. The van der Waals surface area contributed by atoms with Crippen LogP contribution in [0.25, 0.3) is 5.57 Å². The Morgan fingerprint density at radius 2 is 1.86 bits per heavy atom. The van der Waals surface area contributed by atoms with E-state index in [0.717, 1.165) is 40.7 Å². The van der Waals surface area contributed by atoms with Gasteiger partial charge in [0.25, 0.3) is 0 Å². The summed E-state index contributed by atoms with van der Waals surface area (Å²) in [6.45, 7) is 18.5. The van der Waals surface area contributed by atoms with E-state index in [1.165, 1.54) is 36.5 Å². The molecule has 29 heavy (non-hydrogen) atoms. The SMILES string of the molecule is C=C/C=C(\C=C/CCCCC)C(=C/C(C)=C(\C(=C)C)c1ccc(F)cc1C)/CC. The molecule has 0 amide bonds. The fourth-order valence-electron chi connectivity index (χ4n) is 3.53. The number of hydrogen-bond acceptors (Lipinski definition) is 0. The minimum Gasteiger partial charge on any atom is -0.207 e. The number of hydrogen-bond donors (Lipinski definition) is 0. The summed E-state index contributed by atoms with van der Waals surface area (Å²) in [6, 6.07) is 4.95.